The van der Waals surface area contributed by atoms with Crippen molar-refractivity contribution < 1.29 is 0 Å². The average molecular weight is 229 g/mol. The van der Waals surface area contributed by atoms with Crippen molar-refractivity contribution in [3.05, 3.63) is 47.5 Å². The molecule has 0 radical (unpaired) electrons. The van der Waals surface area contributed by atoms with Crippen molar-refractivity contribution in [1.82, 2.24) is 9.55 Å². The highest BCUT2D eigenvalue weighted by Crippen LogP contribution is 2.20. The van der Waals surface area contributed by atoms with Gasteiger partial charge >= 0.3 is 0 Å². The van der Waals surface area contributed by atoms with E-state index in [9.17, 15) is 0 Å². The third-order valence-electron chi connectivity index (χ3n) is 3.09. The number of hydrogen-bond donors (Lipinski definition) is 1. The van der Waals surface area contributed by atoms with Crippen LogP contribution in [-0.2, 0) is 6.42 Å². The van der Waals surface area contributed by atoms with E-state index in [0.29, 0.717) is 0 Å². The molecule has 2 N–H and O–H groups in total. The Kier molecular flexibility index (Phi) is 3.59. The predicted octanol–water partition coefficient (Wildman–Crippen LogP) is 2.38. The molecule has 2 aromatic rings. The summed E-state index contributed by atoms with van der Waals surface area (Å²) < 4.78 is 2.25. The Morgan fingerprint density at radius 1 is 1.35 bits per heavy atom. The van der Waals surface area contributed by atoms with Gasteiger partial charge in [0, 0.05) is 17.6 Å². The molecule has 0 aliphatic heterocycles. The zero-order valence-corrected chi connectivity index (χ0v) is 10.5. The molecule has 90 valence electrons. The zero-order chi connectivity index (χ0) is 12.3. The van der Waals surface area contributed by atoms with Gasteiger partial charge in [-0.25, -0.2) is 0 Å². The maximum absolute atomic E-state index is 5.57. The number of aryl methyl sites for hydroxylation is 2. The summed E-state index contributed by atoms with van der Waals surface area (Å²) in [5, 5.41) is 0. The fourth-order valence-electron chi connectivity index (χ4n) is 2.26. The molecular formula is C14H19N3. The molecule has 3 heteroatoms. The van der Waals surface area contributed by atoms with Crippen LogP contribution < -0.4 is 5.73 Å². The van der Waals surface area contributed by atoms with Crippen molar-refractivity contribution in [2.45, 2.75) is 26.7 Å². The Balaban J connectivity index is 2.38. The maximum atomic E-state index is 5.57. The summed E-state index contributed by atoms with van der Waals surface area (Å²) in [7, 11) is 0. The van der Waals surface area contributed by atoms with Gasteiger partial charge < -0.3 is 10.3 Å². The smallest absolute Gasteiger partial charge is 0.0638 e. The molecule has 2 rings (SSSR count). The molecule has 0 fully saturated rings. The minimum absolute atomic E-state index is 0.747. The predicted molar refractivity (Wildman–Crippen MR) is 70.4 cm³/mol. The molecule has 0 bridgehead atoms. The van der Waals surface area contributed by atoms with Crippen LogP contribution in [0.2, 0.25) is 0 Å². The summed E-state index contributed by atoms with van der Waals surface area (Å²) in [4.78, 5) is 4.17. The van der Waals surface area contributed by atoms with Crippen molar-refractivity contribution in [2.24, 2.45) is 5.73 Å². The van der Waals surface area contributed by atoms with Crippen molar-refractivity contribution in [1.29, 1.82) is 0 Å². The first kappa shape index (κ1) is 11.9. The summed E-state index contributed by atoms with van der Waals surface area (Å²) >= 11 is 0. The molecule has 0 spiro atoms. The van der Waals surface area contributed by atoms with Crippen LogP contribution in [-0.4, -0.2) is 16.1 Å². The number of nitrogens with zero attached hydrogens (tertiary/aromatic N) is 2. The monoisotopic (exact) mass is 229 g/mol. The minimum Gasteiger partial charge on any atom is -0.330 e. The molecule has 0 saturated carbocycles. The Labute approximate surface area is 102 Å². The lowest BCUT2D eigenvalue weighted by Gasteiger charge is -2.09. The summed E-state index contributed by atoms with van der Waals surface area (Å²) in [6.07, 6.45) is 5.79. The summed E-state index contributed by atoms with van der Waals surface area (Å²) in [6.45, 7) is 5.04. The lowest BCUT2D eigenvalue weighted by Crippen LogP contribution is -2.02. The number of nitrogens with two attached hydrogens (primary N) is 1. The topological polar surface area (TPSA) is 43.8 Å². The van der Waals surface area contributed by atoms with Gasteiger partial charge in [0.15, 0.2) is 0 Å². The Bertz CT molecular complexity index is 486. The second kappa shape index (κ2) is 5.15. The first-order valence-corrected chi connectivity index (χ1v) is 6.02. The first-order valence-electron chi connectivity index (χ1n) is 6.02. The number of hydrogen-bond acceptors (Lipinski definition) is 2. The summed E-state index contributed by atoms with van der Waals surface area (Å²) in [6, 6.07) is 6.30. The molecule has 0 aliphatic rings. The number of aromatic nitrogens is 2. The molecule has 3 nitrogen and oxygen atoms in total. The van der Waals surface area contributed by atoms with Crippen LogP contribution in [0.25, 0.3) is 5.69 Å². The molecule has 2 heterocycles. The van der Waals surface area contributed by atoms with Crippen LogP contribution in [0.1, 0.15) is 23.4 Å². The van der Waals surface area contributed by atoms with Gasteiger partial charge in [0.05, 0.1) is 11.9 Å². The molecule has 0 atom stereocenters. The Morgan fingerprint density at radius 2 is 2.18 bits per heavy atom. The normalized spacial score (nSPS) is 10.8. The molecule has 2 aromatic heterocycles. The molecule has 0 saturated heterocycles. The van der Waals surface area contributed by atoms with E-state index in [2.05, 4.69) is 35.5 Å². The minimum atomic E-state index is 0.747. The standard InChI is InChI=1S/C14H19N3/c1-11-9-13(5-3-7-15)12(2)17(11)14-6-4-8-16-10-14/h4,6,8-10H,3,5,7,15H2,1-2H3. The van der Waals surface area contributed by atoms with E-state index in [1.54, 1.807) is 6.20 Å². The van der Waals surface area contributed by atoms with Gasteiger partial charge in [-0.15, -0.1) is 0 Å². The largest absolute Gasteiger partial charge is 0.330 e. The summed E-state index contributed by atoms with van der Waals surface area (Å²) in [5.74, 6) is 0. The van der Waals surface area contributed by atoms with Crippen LogP contribution in [0.4, 0.5) is 0 Å². The fourth-order valence-corrected chi connectivity index (χ4v) is 2.26. The van der Waals surface area contributed by atoms with E-state index in [4.69, 9.17) is 5.73 Å². The first-order chi connectivity index (χ1) is 8.24. The quantitative estimate of drug-likeness (QED) is 0.874. The zero-order valence-electron chi connectivity index (χ0n) is 10.5. The average Bonchev–Trinajstić information content (AvgIpc) is 2.63. The van der Waals surface area contributed by atoms with Gasteiger partial charge in [0.2, 0.25) is 0 Å². The van der Waals surface area contributed by atoms with Crippen molar-refractivity contribution in [2.75, 3.05) is 6.54 Å². The van der Waals surface area contributed by atoms with Gasteiger partial charge in [-0.2, -0.15) is 0 Å². The van der Waals surface area contributed by atoms with E-state index in [-0.39, 0.29) is 0 Å². The van der Waals surface area contributed by atoms with Crippen molar-refractivity contribution in [3.8, 4) is 5.69 Å². The molecular weight excluding hydrogens is 210 g/mol. The second-order valence-electron chi connectivity index (χ2n) is 4.34. The van der Waals surface area contributed by atoms with Crippen molar-refractivity contribution >= 4 is 0 Å². The highest BCUT2D eigenvalue weighted by molar-refractivity contribution is 5.39. The molecule has 0 unspecified atom stereocenters. The van der Waals surface area contributed by atoms with E-state index >= 15 is 0 Å². The highest BCUT2D eigenvalue weighted by atomic mass is 15.0. The molecule has 0 aromatic carbocycles. The second-order valence-corrected chi connectivity index (χ2v) is 4.34. The third kappa shape index (κ3) is 2.39. The Hall–Kier alpha value is -1.61. The lowest BCUT2D eigenvalue weighted by molar-refractivity contribution is 0.822. The van der Waals surface area contributed by atoms with E-state index in [1.165, 1.54) is 17.0 Å². The van der Waals surface area contributed by atoms with E-state index in [0.717, 1.165) is 25.1 Å². The molecule has 0 aliphatic carbocycles. The van der Waals surface area contributed by atoms with Crippen LogP contribution >= 0.6 is 0 Å². The van der Waals surface area contributed by atoms with Crippen LogP contribution in [0.3, 0.4) is 0 Å². The fraction of sp³-hybridized carbons (Fsp3) is 0.357. The number of rotatable bonds is 4. The van der Waals surface area contributed by atoms with Gasteiger partial charge in [-0.05, 0) is 57.0 Å². The van der Waals surface area contributed by atoms with Crippen LogP contribution in [0, 0.1) is 13.8 Å². The summed E-state index contributed by atoms with van der Waals surface area (Å²) in [5.41, 5.74) is 10.6. The molecule has 0 amide bonds. The third-order valence-corrected chi connectivity index (χ3v) is 3.09. The SMILES string of the molecule is Cc1cc(CCCN)c(C)n1-c1cccnc1. The van der Waals surface area contributed by atoms with E-state index < -0.39 is 0 Å². The lowest BCUT2D eigenvalue weighted by atomic mass is 10.1. The van der Waals surface area contributed by atoms with Gasteiger partial charge in [-0.3, -0.25) is 4.98 Å². The van der Waals surface area contributed by atoms with Crippen LogP contribution in [0.15, 0.2) is 30.6 Å². The van der Waals surface area contributed by atoms with Crippen molar-refractivity contribution in [3.63, 3.8) is 0 Å². The van der Waals surface area contributed by atoms with Gasteiger partial charge in [0.25, 0.3) is 0 Å². The Morgan fingerprint density at radius 3 is 2.82 bits per heavy atom. The highest BCUT2D eigenvalue weighted by Gasteiger charge is 2.09. The molecule has 17 heavy (non-hydrogen) atoms. The van der Waals surface area contributed by atoms with Crippen LogP contribution in [0.5, 0.6) is 0 Å². The van der Waals surface area contributed by atoms with E-state index in [1.807, 2.05) is 12.3 Å². The van der Waals surface area contributed by atoms with Gasteiger partial charge in [-0.1, -0.05) is 0 Å². The maximum Gasteiger partial charge on any atom is 0.0638 e. The van der Waals surface area contributed by atoms with Gasteiger partial charge in [0.1, 0.15) is 0 Å². The number of pyridine rings is 1.